The maximum absolute atomic E-state index is 12.3. The lowest BCUT2D eigenvalue weighted by Crippen LogP contribution is -2.24. The number of amides is 1. The summed E-state index contributed by atoms with van der Waals surface area (Å²) in [6.07, 6.45) is 0.962. The molecule has 0 aliphatic rings. The van der Waals surface area contributed by atoms with Crippen molar-refractivity contribution in [3.63, 3.8) is 0 Å². The number of nitrogens with one attached hydrogen (secondary N) is 1. The molecule has 2 aromatic carbocycles. The molecule has 4 rings (SSSR count). The fourth-order valence-electron chi connectivity index (χ4n) is 3.15. The monoisotopic (exact) mass is 456 g/mol. The van der Waals surface area contributed by atoms with Crippen LogP contribution >= 0.6 is 34.7 Å². The largest absolute Gasteiger partial charge is 0.351 e. The molecular formula is C22H21ClN4OS2. The molecule has 0 spiro atoms. The number of hydrogen-bond donors (Lipinski definition) is 1. The van der Waals surface area contributed by atoms with Crippen LogP contribution in [0.15, 0.2) is 59.1 Å². The zero-order chi connectivity index (χ0) is 20.9. The van der Waals surface area contributed by atoms with E-state index in [1.807, 2.05) is 36.4 Å². The summed E-state index contributed by atoms with van der Waals surface area (Å²) in [5, 5.41) is 16.6. The molecule has 1 amide bonds. The third-order valence-electron chi connectivity index (χ3n) is 4.62. The van der Waals surface area contributed by atoms with Crippen LogP contribution in [-0.2, 0) is 17.9 Å². The number of carbonyl (C=O) groups excluding carboxylic acids is 1. The number of halogens is 1. The van der Waals surface area contributed by atoms with Crippen LogP contribution in [-0.4, -0.2) is 26.4 Å². The second kappa shape index (κ2) is 9.64. The van der Waals surface area contributed by atoms with Gasteiger partial charge in [0.2, 0.25) is 5.91 Å². The Hall–Kier alpha value is -2.35. The van der Waals surface area contributed by atoms with Crippen LogP contribution in [0, 0.1) is 0 Å². The zero-order valence-corrected chi connectivity index (χ0v) is 18.9. The Labute approximate surface area is 188 Å². The molecular weight excluding hydrogens is 436 g/mol. The van der Waals surface area contributed by atoms with Crippen molar-refractivity contribution in [3.8, 4) is 11.4 Å². The molecule has 4 aromatic rings. The minimum atomic E-state index is -0.0384. The number of thioether (sulfide) groups is 1. The summed E-state index contributed by atoms with van der Waals surface area (Å²) in [5.41, 5.74) is 2.11. The van der Waals surface area contributed by atoms with Crippen molar-refractivity contribution >= 4 is 50.7 Å². The number of nitrogens with zero attached hydrogens (tertiary/aromatic N) is 3. The maximum Gasteiger partial charge on any atom is 0.230 e. The quantitative estimate of drug-likeness (QED) is 0.349. The SMILES string of the molecule is CCCn1c(SCC(=O)NCc2ccc(Cl)cc2)nnc1-c1csc2ccccc12. The minimum Gasteiger partial charge on any atom is -0.351 e. The zero-order valence-electron chi connectivity index (χ0n) is 16.5. The molecule has 154 valence electrons. The summed E-state index contributed by atoms with van der Waals surface area (Å²) < 4.78 is 3.35. The van der Waals surface area contributed by atoms with E-state index in [0.29, 0.717) is 17.3 Å². The van der Waals surface area contributed by atoms with E-state index in [1.54, 1.807) is 11.3 Å². The van der Waals surface area contributed by atoms with E-state index in [9.17, 15) is 4.79 Å². The highest BCUT2D eigenvalue weighted by Crippen LogP contribution is 2.34. The molecule has 30 heavy (non-hydrogen) atoms. The van der Waals surface area contributed by atoms with Gasteiger partial charge in [0.25, 0.3) is 0 Å². The van der Waals surface area contributed by atoms with Crippen LogP contribution in [0.3, 0.4) is 0 Å². The van der Waals surface area contributed by atoms with Crippen molar-refractivity contribution < 1.29 is 4.79 Å². The van der Waals surface area contributed by atoms with Crippen LogP contribution in [0.2, 0.25) is 5.02 Å². The van der Waals surface area contributed by atoms with Gasteiger partial charge in [0.15, 0.2) is 11.0 Å². The summed E-state index contributed by atoms with van der Waals surface area (Å²) in [5.74, 6) is 1.11. The molecule has 1 N–H and O–H groups in total. The highest BCUT2D eigenvalue weighted by Gasteiger charge is 2.17. The van der Waals surface area contributed by atoms with Gasteiger partial charge >= 0.3 is 0 Å². The average Bonchev–Trinajstić information content (AvgIpc) is 3.36. The molecule has 0 aliphatic heterocycles. The van der Waals surface area contributed by atoms with Crippen molar-refractivity contribution in [2.24, 2.45) is 0 Å². The van der Waals surface area contributed by atoms with Gasteiger partial charge in [-0.3, -0.25) is 4.79 Å². The van der Waals surface area contributed by atoms with E-state index in [2.05, 4.69) is 44.5 Å². The number of thiophene rings is 1. The maximum atomic E-state index is 12.3. The first kappa shape index (κ1) is 20.9. The van der Waals surface area contributed by atoms with E-state index < -0.39 is 0 Å². The van der Waals surface area contributed by atoms with Crippen molar-refractivity contribution in [1.82, 2.24) is 20.1 Å². The van der Waals surface area contributed by atoms with Gasteiger partial charge in [-0.15, -0.1) is 21.5 Å². The van der Waals surface area contributed by atoms with Crippen LogP contribution in [0.5, 0.6) is 0 Å². The third-order valence-corrected chi connectivity index (χ3v) is 6.80. The van der Waals surface area contributed by atoms with E-state index in [-0.39, 0.29) is 5.91 Å². The van der Waals surface area contributed by atoms with Gasteiger partial charge in [0.1, 0.15) is 0 Å². The molecule has 2 aromatic heterocycles. The highest BCUT2D eigenvalue weighted by molar-refractivity contribution is 7.99. The summed E-state index contributed by atoms with van der Waals surface area (Å²) >= 11 is 9.02. The van der Waals surface area contributed by atoms with E-state index >= 15 is 0 Å². The second-order valence-electron chi connectivity index (χ2n) is 6.80. The molecule has 2 heterocycles. The Balaban J connectivity index is 1.45. The highest BCUT2D eigenvalue weighted by atomic mass is 35.5. The number of aromatic nitrogens is 3. The normalized spacial score (nSPS) is 11.1. The number of hydrogen-bond acceptors (Lipinski definition) is 5. The van der Waals surface area contributed by atoms with E-state index in [4.69, 9.17) is 11.6 Å². The summed E-state index contributed by atoms with van der Waals surface area (Å²) in [6, 6.07) is 15.8. The predicted molar refractivity (Wildman–Crippen MR) is 125 cm³/mol. The van der Waals surface area contributed by atoms with Gasteiger partial charge in [-0.2, -0.15) is 0 Å². The Kier molecular flexibility index (Phi) is 6.72. The fourth-order valence-corrected chi connectivity index (χ4v) is 5.01. The lowest BCUT2D eigenvalue weighted by molar-refractivity contribution is -0.118. The number of fused-ring (bicyclic) bond motifs is 1. The van der Waals surface area contributed by atoms with Crippen LogP contribution in [0.25, 0.3) is 21.5 Å². The van der Waals surface area contributed by atoms with Gasteiger partial charge in [-0.05, 0) is 30.2 Å². The summed E-state index contributed by atoms with van der Waals surface area (Å²) in [7, 11) is 0. The van der Waals surface area contributed by atoms with Crippen molar-refractivity contribution in [3.05, 3.63) is 64.5 Å². The number of benzene rings is 2. The number of rotatable bonds is 8. The predicted octanol–water partition coefficient (Wildman–Crippen LogP) is 5.63. The van der Waals surface area contributed by atoms with E-state index in [1.165, 1.54) is 21.8 Å². The number of carbonyl (C=O) groups is 1. The van der Waals surface area contributed by atoms with Gasteiger partial charge in [0, 0.05) is 39.1 Å². The second-order valence-corrected chi connectivity index (χ2v) is 9.09. The molecule has 5 nitrogen and oxygen atoms in total. The molecule has 0 saturated heterocycles. The molecule has 0 saturated carbocycles. The van der Waals surface area contributed by atoms with Gasteiger partial charge in [0.05, 0.1) is 5.75 Å². The van der Waals surface area contributed by atoms with Gasteiger partial charge in [-0.25, -0.2) is 0 Å². The summed E-state index contributed by atoms with van der Waals surface area (Å²) in [4.78, 5) is 12.3. The molecule has 0 radical (unpaired) electrons. The first-order valence-electron chi connectivity index (χ1n) is 9.69. The Morgan fingerprint density at radius 2 is 1.97 bits per heavy atom. The smallest absolute Gasteiger partial charge is 0.230 e. The molecule has 0 fully saturated rings. The van der Waals surface area contributed by atoms with Crippen molar-refractivity contribution in [2.75, 3.05) is 5.75 Å². The first-order valence-corrected chi connectivity index (χ1v) is 11.9. The van der Waals surface area contributed by atoms with Crippen molar-refractivity contribution in [1.29, 1.82) is 0 Å². The molecule has 0 aliphatic carbocycles. The van der Waals surface area contributed by atoms with Gasteiger partial charge in [-0.1, -0.05) is 60.6 Å². The summed E-state index contributed by atoms with van der Waals surface area (Å²) in [6.45, 7) is 3.41. The topological polar surface area (TPSA) is 59.8 Å². The Bertz CT molecular complexity index is 1150. The van der Waals surface area contributed by atoms with Crippen molar-refractivity contribution in [2.45, 2.75) is 31.6 Å². The van der Waals surface area contributed by atoms with Crippen LogP contribution in [0.4, 0.5) is 0 Å². The van der Waals surface area contributed by atoms with Crippen LogP contribution in [0.1, 0.15) is 18.9 Å². The first-order chi connectivity index (χ1) is 14.7. The lowest BCUT2D eigenvalue weighted by atomic mass is 10.1. The standard InChI is InChI=1S/C22H21ClN4OS2/c1-2-11-27-21(18-13-29-19-6-4-3-5-17(18)19)25-26-22(27)30-14-20(28)24-12-15-7-9-16(23)10-8-15/h3-10,13H,2,11-12,14H2,1H3,(H,24,28). The fraction of sp³-hybridized carbons (Fsp3) is 0.227. The Morgan fingerprint density at radius 3 is 2.77 bits per heavy atom. The van der Waals surface area contributed by atoms with Gasteiger partial charge < -0.3 is 9.88 Å². The Morgan fingerprint density at radius 1 is 1.17 bits per heavy atom. The third kappa shape index (κ3) is 4.69. The minimum absolute atomic E-state index is 0.0384. The van der Waals surface area contributed by atoms with E-state index in [0.717, 1.165) is 35.1 Å². The van der Waals surface area contributed by atoms with Crippen LogP contribution < -0.4 is 5.32 Å². The molecule has 0 atom stereocenters. The molecule has 8 heteroatoms. The lowest BCUT2D eigenvalue weighted by Gasteiger charge is -2.09. The average molecular weight is 457 g/mol. The molecule has 0 unspecified atom stereocenters. The molecule has 0 bridgehead atoms.